The van der Waals surface area contributed by atoms with E-state index in [1.54, 1.807) is 0 Å². The van der Waals surface area contributed by atoms with Crippen molar-refractivity contribution in [3.63, 3.8) is 0 Å². The number of carbonyl (C=O) groups is 1. The van der Waals surface area contributed by atoms with E-state index in [4.69, 9.17) is 4.74 Å². The molecule has 0 bridgehead atoms. The number of piperazine rings is 1. The summed E-state index contributed by atoms with van der Waals surface area (Å²) in [6.07, 6.45) is 11.3. The smallest absolute Gasteiger partial charge is 0.223 e. The Morgan fingerprint density at radius 1 is 1.10 bits per heavy atom. The van der Waals surface area contributed by atoms with Crippen LogP contribution in [0.1, 0.15) is 50.5 Å². The molecule has 29 heavy (non-hydrogen) atoms. The summed E-state index contributed by atoms with van der Waals surface area (Å²) in [5.41, 5.74) is 1.30. The first-order chi connectivity index (χ1) is 14.3. The second-order valence-corrected chi connectivity index (χ2v) is 9.33. The van der Waals surface area contributed by atoms with Crippen LogP contribution in [0.25, 0.3) is 0 Å². The zero-order valence-electron chi connectivity index (χ0n) is 17.4. The van der Waals surface area contributed by atoms with Crippen molar-refractivity contribution in [2.75, 3.05) is 44.2 Å². The molecule has 4 aliphatic rings. The Morgan fingerprint density at radius 2 is 1.90 bits per heavy atom. The van der Waals surface area contributed by atoms with Crippen LogP contribution in [0.5, 0.6) is 5.75 Å². The Balaban J connectivity index is 1.03. The van der Waals surface area contributed by atoms with Gasteiger partial charge in [0.05, 0.1) is 6.61 Å². The van der Waals surface area contributed by atoms with E-state index in [9.17, 15) is 4.79 Å². The van der Waals surface area contributed by atoms with Crippen molar-refractivity contribution >= 4 is 11.7 Å². The van der Waals surface area contributed by atoms with Crippen molar-refractivity contribution in [2.24, 2.45) is 11.8 Å². The first-order valence-corrected chi connectivity index (χ1v) is 11.6. The van der Waals surface area contributed by atoms with Crippen LogP contribution in [0.2, 0.25) is 0 Å². The van der Waals surface area contributed by atoms with E-state index in [2.05, 4.69) is 20.1 Å². The molecule has 1 aromatic rings. The van der Waals surface area contributed by atoms with Gasteiger partial charge in [0.25, 0.3) is 0 Å². The average Bonchev–Trinajstić information content (AvgIpc) is 3.50. The zero-order chi connectivity index (χ0) is 19.6. The number of rotatable bonds is 6. The van der Waals surface area contributed by atoms with Crippen molar-refractivity contribution < 1.29 is 9.53 Å². The molecule has 0 atom stereocenters. The highest BCUT2D eigenvalue weighted by Gasteiger charge is 2.32. The Bertz CT molecular complexity index is 720. The van der Waals surface area contributed by atoms with Gasteiger partial charge in [-0.05, 0) is 63.5 Å². The molecule has 0 unspecified atom stereocenters. The van der Waals surface area contributed by atoms with Crippen LogP contribution in [0.15, 0.2) is 12.3 Å². The summed E-state index contributed by atoms with van der Waals surface area (Å²) in [5.74, 6) is 3.66. The molecular formula is C23H34N4O2. The predicted molar refractivity (Wildman–Crippen MR) is 113 cm³/mol. The van der Waals surface area contributed by atoms with Gasteiger partial charge in [0.15, 0.2) is 0 Å². The van der Waals surface area contributed by atoms with E-state index in [0.29, 0.717) is 17.9 Å². The summed E-state index contributed by atoms with van der Waals surface area (Å²) in [7, 11) is 0. The Hall–Kier alpha value is -1.82. The van der Waals surface area contributed by atoms with Crippen LogP contribution in [-0.4, -0.2) is 61.2 Å². The predicted octanol–water partition coefficient (Wildman–Crippen LogP) is 2.61. The molecule has 6 heteroatoms. The number of anilines is 1. The number of aromatic nitrogens is 1. The number of nitrogens with zero attached hydrogens (tertiary/aromatic N) is 3. The van der Waals surface area contributed by atoms with E-state index in [1.807, 2.05) is 12.3 Å². The van der Waals surface area contributed by atoms with Crippen LogP contribution in [-0.2, 0) is 11.2 Å². The molecule has 3 fully saturated rings. The lowest BCUT2D eigenvalue weighted by Gasteiger charge is -2.37. The Kier molecular flexibility index (Phi) is 5.62. The molecule has 0 aromatic carbocycles. The summed E-state index contributed by atoms with van der Waals surface area (Å²) < 4.78 is 5.70. The normalized spacial score (nSPS) is 27.4. The molecule has 1 amide bonds. The van der Waals surface area contributed by atoms with Gasteiger partial charge in [-0.2, -0.15) is 0 Å². The quantitative estimate of drug-likeness (QED) is 0.798. The second kappa shape index (κ2) is 8.50. The number of amides is 1. The summed E-state index contributed by atoms with van der Waals surface area (Å²) in [6, 6.07) is 2.43. The molecule has 0 radical (unpaired) electrons. The SMILES string of the molecule is O=C(N[C@H]1CC[C@H](CCN2CCN(c3nccc4c3CCO4)CC2)CC1)C1CC1. The van der Waals surface area contributed by atoms with Gasteiger partial charge in [-0.3, -0.25) is 9.69 Å². The molecule has 1 aromatic heterocycles. The van der Waals surface area contributed by atoms with Gasteiger partial charge in [-0.25, -0.2) is 4.98 Å². The minimum absolute atomic E-state index is 0.316. The van der Waals surface area contributed by atoms with Crippen molar-refractivity contribution in [3.05, 3.63) is 17.8 Å². The van der Waals surface area contributed by atoms with Gasteiger partial charge in [0, 0.05) is 56.3 Å². The highest BCUT2D eigenvalue weighted by atomic mass is 16.5. The minimum atomic E-state index is 0.316. The lowest BCUT2D eigenvalue weighted by atomic mass is 9.84. The zero-order valence-corrected chi connectivity index (χ0v) is 17.4. The van der Waals surface area contributed by atoms with E-state index in [-0.39, 0.29) is 0 Å². The van der Waals surface area contributed by atoms with Crippen LogP contribution in [0.4, 0.5) is 5.82 Å². The van der Waals surface area contributed by atoms with Crippen molar-refractivity contribution in [3.8, 4) is 5.75 Å². The molecule has 3 heterocycles. The third-order valence-electron chi connectivity index (χ3n) is 7.27. The molecule has 1 saturated heterocycles. The van der Waals surface area contributed by atoms with Crippen molar-refractivity contribution in [1.29, 1.82) is 0 Å². The minimum Gasteiger partial charge on any atom is -0.493 e. The van der Waals surface area contributed by atoms with Crippen LogP contribution in [0, 0.1) is 11.8 Å². The molecule has 2 aliphatic heterocycles. The second-order valence-electron chi connectivity index (χ2n) is 9.33. The summed E-state index contributed by atoms with van der Waals surface area (Å²) in [6.45, 7) is 6.37. The maximum atomic E-state index is 11.9. The number of hydrogen-bond acceptors (Lipinski definition) is 5. The van der Waals surface area contributed by atoms with Gasteiger partial charge in [0.1, 0.15) is 11.6 Å². The molecular weight excluding hydrogens is 364 g/mol. The first kappa shape index (κ1) is 19.2. The van der Waals surface area contributed by atoms with Crippen molar-refractivity contribution in [1.82, 2.24) is 15.2 Å². The monoisotopic (exact) mass is 398 g/mol. The maximum absolute atomic E-state index is 11.9. The molecule has 5 rings (SSSR count). The van der Waals surface area contributed by atoms with E-state index in [0.717, 1.165) is 69.5 Å². The third-order valence-corrected chi connectivity index (χ3v) is 7.27. The third kappa shape index (κ3) is 4.52. The summed E-state index contributed by atoms with van der Waals surface area (Å²) in [4.78, 5) is 21.7. The fourth-order valence-corrected chi connectivity index (χ4v) is 5.18. The van der Waals surface area contributed by atoms with Gasteiger partial charge in [0.2, 0.25) is 5.91 Å². The standard InChI is InChI=1S/C23H34N4O2/c28-23(18-3-4-18)25-19-5-1-17(2-6-19)8-11-26-12-14-27(15-13-26)22-20-9-16-29-21(20)7-10-24-22/h7,10,17-19H,1-6,8-9,11-16H2,(H,25,28)/t17-,19-. The van der Waals surface area contributed by atoms with Gasteiger partial charge in [-0.15, -0.1) is 0 Å². The fraction of sp³-hybridized carbons (Fsp3) is 0.739. The van der Waals surface area contributed by atoms with Gasteiger partial charge in [-0.1, -0.05) is 0 Å². The van der Waals surface area contributed by atoms with E-state index in [1.165, 1.54) is 44.2 Å². The number of pyridine rings is 1. The summed E-state index contributed by atoms with van der Waals surface area (Å²) in [5, 5.41) is 3.28. The molecule has 158 valence electrons. The highest BCUT2D eigenvalue weighted by Crippen LogP contribution is 2.33. The molecule has 1 N–H and O–H groups in total. The number of nitrogens with one attached hydrogen (secondary N) is 1. The first-order valence-electron chi connectivity index (χ1n) is 11.6. The number of ether oxygens (including phenoxy) is 1. The lowest BCUT2D eigenvalue weighted by Crippen LogP contribution is -2.47. The van der Waals surface area contributed by atoms with Crippen LogP contribution >= 0.6 is 0 Å². The average molecular weight is 399 g/mol. The summed E-state index contributed by atoms with van der Waals surface area (Å²) >= 11 is 0. The Labute approximate surface area is 174 Å². The topological polar surface area (TPSA) is 57.7 Å². The lowest BCUT2D eigenvalue weighted by molar-refractivity contribution is -0.123. The molecule has 0 spiro atoms. The number of fused-ring (bicyclic) bond motifs is 1. The van der Waals surface area contributed by atoms with Crippen LogP contribution in [0.3, 0.4) is 0 Å². The van der Waals surface area contributed by atoms with E-state index >= 15 is 0 Å². The highest BCUT2D eigenvalue weighted by molar-refractivity contribution is 5.81. The van der Waals surface area contributed by atoms with E-state index < -0.39 is 0 Å². The molecule has 6 nitrogen and oxygen atoms in total. The largest absolute Gasteiger partial charge is 0.493 e. The van der Waals surface area contributed by atoms with Gasteiger partial charge < -0.3 is 15.0 Å². The van der Waals surface area contributed by atoms with Crippen molar-refractivity contribution in [2.45, 2.75) is 57.4 Å². The molecule has 2 aliphatic carbocycles. The molecule has 2 saturated carbocycles. The Morgan fingerprint density at radius 3 is 2.66 bits per heavy atom. The van der Waals surface area contributed by atoms with Crippen LogP contribution < -0.4 is 15.0 Å². The number of carbonyl (C=O) groups excluding carboxylic acids is 1. The maximum Gasteiger partial charge on any atom is 0.223 e. The van der Waals surface area contributed by atoms with Gasteiger partial charge >= 0.3 is 0 Å². The fourth-order valence-electron chi connectivity index (χ4n) is 5.18. The number of hydrogen-bond donors (Lipinski definition) is 1.